The molecule has 0 radical (unpaired) electrons. The van der Waals surface area contributed by atoms with Crippen LogP contribution < -0.4 is 5.32 Å². The van der Waals surface area contributed by atoms with Gasteiger partial charge in [-0.05, 0) is 44.7 Å². The van der Waals surface area contributed by atoms with Gasteiger partial charge >= 0.3 is 0 Å². The first-order valence-electron chi connectivity index (χ1n) is 6.35. The second kappa shape index (κ2) is 4.63. The van der Waals surface area contributed by atoms with E-state index in [-0.39, 0.29) is 24.2 Å². The Balaban J connectivity index is 0.00000108. The number of rotatable bonds is 1. The highest BCUT2D eigenvalue weighted by atomic mass is 35.5. The first-order chi connectivity index (χ1) is 7.68. The van der Waals surface area contributed by atoms with E-state index in [1.165, 1.54) is 0 Å². The van der Waals surface area contributed by atoms with Crippen LogP contribution in [0.1, 0.15) is 25.7 Å². The summed E-state index contributed by atoms with van der Waals surface area (Å²) in [5.41, 5.74) is -0.653. The molecule has 3 fully saturated rings. The number of hydrogen-bond acceptors (Lipinski definition) is 2. The summed E-state index contributed by atoms with van der Waals surface area (Å²) in [7, 11) is 0. The smallest absolute Gasteiger partial charge is 0.258 e. The van der Waals surface area contributed by atoms with Crippen LogP contribution in [0.25, 0.3) is 0 Å². The molecular formula is C12H20ClF2NO. The van der Waals surface area contributed by atoms with Crippen LogP contribution in [0.3, 0.4) is 0 Å². The van der Waals surface area contributed by atoms with E-state index in [2.05, 4.69) is 5.32 Å². The number of piperidine rings is 1. The molecule has 2 saturated heterocycles. The van der Waals surface area contributed by atoms with Crippen molar-refractivity contribution in [3.63, 3.8) is 0 Å². The molecule has 0 aromatic carbocycles. The maximum absolute atomic E-state index is 14.1. The number of hydrogen-bond donors (Lipinski definition) is 1. The Labute approximate surface area is 107 Å². The van der Waals surface area contributed by atoms with Crippen LogP contribution in [0.4, 0.5) is 8.78 Å². The average Bonchev–Trinajstić information content (AvgIpc) is 2.76. The largest absolute Gasteiger partial charge is 0.381 e. The molecule has 17 heavy (non-hydrogen) atoms. The Morgan fingerprint density at radius 3 is 2.24 bits per heavy atom. The predicted octanol–water partition coefficient (Wildman–Crippen LogP) is 2.47. The second-order valence-electron chi connectivity index (χ2n) is 5.46. The first-order valence-corrected chi connectivity index (χ1v) is 6.35. The lowest BCUT2D eigenvalue weighted by molar-refractivity contribution is 0.0239. The lowest BCUT2D eigenvalue weighted by Crippen LogP contribution is -2.32. The number of alkyl halides is 2. The first kappa shape index (κ1) is 13.5. The number of halogens is 3. The van der Waals surface area contributed by atoms with Crippen LogP contribution in [0, 0.1) is 17.3 Å². The lowest BCUT2D eigenvalue weighted by Gasteiger charge is -2.26. The van der Waals surface area contributed by atoms with Gasteiger partial charge in [0.2, 0.25) is 0 Å². The Morgan fingerprint density at radius 1 is 1.06 bits per heavy atom. The van der Waals surface area contributed by atoms with Crippen molar-refractivity contribution < 1.29 is 13.5 Å². The topological polar surface area (TPSA) is 21.3 Å². The standard InChI is InChI=1S/C12H19F2NO.ClH/c13-12(14)10(9-1-7-16-8-2-9)11(12)3-5-15-6-4-11;/h9-10,15H,1-8H2;1H. The molecule has 100 valence electrons. The predicted molar refractivity (Wildman–Crippen MR) is 63.8 cm³/mol. The van der Waals surface area contributed by atoms with Crippen LogP contribution in [-0.2, 0) is 4.74 Å². The third-order valence-corrected chi connectivity index (χ3v) is 4.80. The number of ether oxygens (including phenoxy) is 1. The van der Waals surface area contributed by atoms with Gasteiger partial charge in [0, 0.05) is 24.5 Å². The summed E-state index contributed by atoms with van der Waals surface area (Å²) in [6, 6.07) is 0. The summed E-state index contributed by atoms with van der Waals surface area (Å²) in [6.07, 6.45) is 2.97. The summed E-state index contributed by atoms with van der Waals surface area (Å²) in [4.78, 5) is 0. The van der Waals surface area contributed by atoms with Crippen LogP contribution in [0.15, 0.2) is 0 Å². The molecule has 2 aliphatic heterocycles. The zero-order valence-electron chi connectivity index (χ0n) is 9.88. The summed E-state index contributed by atoms with van der Waals surface area (Å²) in [5.74, 6) is -2.57. The quantitative estimate of drug-likeness (QED) is 0.788. The van der Waals surface area contributed by atoms with Gasteiger partial charge in [0.1, 0.15) is 0 Å². The zero-order valence-corrected chi connectivity index (χ0v) is 10.7. The molecule has 0 amide bonds. The minimum atomic E-state index is -2.41. The molecule has 3 aliphatic rings. The molecule has 2 nitrogen and oxygen atoms in total. The van der Waals surface area contributed by atoms with Crippen LogP contribution in [0.2, 0.25) is 0 Å². The van der Waals surface area contributed by atoms with Crippen molar-refractivity contribution in [1.29, 1.82) is 0 Å². The van der Waals surface area contributed by atoms with Crippen molar-refractivity contribution in [2.75, 3.05) is 26.3 Å². The van der Waals surface area contributed by atoms with E-state index in [0.29, 0.717) is 26.1 Å². The lowest BCUT2D eigenvalue weighted by atomic mass is 9.84. The summed E-state index contributed by atoms with van der Waals surface area (Å²) in [5, 5.41) is 3.18. The minimum absolute atomic E-state index is 0. The fraction of sp³-hybridized carbons (Fsp3) is 1.00. The third-order valence-electron chi connectivity index (χ3n) is 4.80. The van der Waals surface area contributed by atoms with Gasteiger partial charge in [-0.15, -0.1) is 12.4 Å². The molecule has 1 aliphatic carbocycles. The van der Waals surface area contributed by atoms with Crippen molar-refractivity contribution in [2.45, 2.75) is 31.6 Å². The molecule has 0 bridgehead atoms. The van der Waals surface area contributed by atoms with Gasteiger partial charge in [-0.25, -0.2) is 8.78 Å². The molecule has 1 saturated carbocycles. The molecule has 3 rings (SSSR count). The normalized spacial score (nSPS) is 35.3. The Kier molecular flexibility index (Phi) is 3.68. The van der Waals surface area contributed by atoms with E-state index in [1.807, 2.05) is 0 Å². The molecule has 0 aromatic rings. The summed E-state index contributed by atoms with van der Waals surface area (Å²) < 4.78 is 33.4. The highest BCUT2D eigenvalue weighted by Crippen LogP contribution is 2.73. The monoisotopic (exact) mass is 267 g/mol. The summed E-state index contributed by atoms with van der Waals surface area (Å²) in [6.45, 7) is 2.86. The van der Waals surface area contributed by atoms with Gasteiger partial charge in [-0.3, -0.25) is 0 Å². The van der Waals surface area contributed by atoms with E-state index in [4.69, 9.17) is 4.74 Å². The van der Waals surface area contributed by atoms with Gasteiger partial charge in [-0.1, -0.05) is 0 Å². The van der Waals surface area contributed by atoms with Crippen LogP contribution in [-0.4, -0.2) is 32.2 Å². The Hall–Kier alpha value is 0.0700. The van der Waals surface area contributed by atoms with Gasteiger partial charge in [-0.2, -0.15) is 0 Å². The average molecular weight is 268 g/mol. The molecule has 0 aromatic heterocycles. The van der Waals surface area contributed by atoms with E-state index in [0.717, 1.165) is 25.9 Å². The molecule has 1 atom stereocenters. The molecular weight excluding hydrogens is 248 g/mol. The summed E-state index contributed by atoms with van der Waals surface area (Å²) >= 11 is 0. The van der Waals surface area contributed by atoms with Gasteiger partial charge < -0.3 is 10.1 Å². The van der Waals surface area contributed by atoms with Crippen molar-refractivity contribution in [3.05, 3.63) is 0 Å². The van der Waals surface area contributed by atoms with Gasteiger partial charge in [0.25, 0.3) is 5.92 Å². The van der Waals surface area contributed by atoms with Crippen LogP contribution in [0.5, 0.6) is 0 Å². The van der Waals surface area contributed by atoms with E-state index in [9.17, 15) is 8.78 Å². The molecule has 5 heteroatoms. The second-order valence-corrected chi connectivity index (χ2v) is 5.46. The highest BCUT2D eigenvalue weighted by Gasteiger charge is 2.80. The van der Waals surface area contributed by atoms with Crippen molar-refractivity contribution in [1.82, 2.24) is 5.32 Å². The van der Waals surface area contributed by atoms with Gasteiger partial charge in [0.05, 0.1) is 0 Å². The van der Waals surface area contributed by atoms with Crippen LogP contribution >= 0.6 is 12.4 Å². The Morgan fingerprint density at radius 2 is 1.65 bits per heavy atom. The van der Waals surface area contributed by atoms with E-state index >= 15 is 0 Å². The minimum Gasteiger partial charge on any atom is -0.381 e. The SMILES string of the molecule is Cl.FC1(F)C(C2CCOCC2)C12CCNCC2. The molecule has 2 heterocycles. The highest BCUT2D eigenvalue weighted by molar-refractivity contribution is 5.85. The molecule has 1 N–H and O–H groups in total. The maximum Gasteiger partial charge on any atom is 0.258 e. The third kappa shape index (κ3) is 1.89. The van der Waals surface area contributed by atoms with E-state index < -0.39 is 11.3 Å². The van der Waals surface area contributed by atoms with Crippen molar-refractivity contribution in [3.8, 4) is 0 Å². The maximum atomic E-state index is 14.1. The fourth-order valence-electron chi connectivity index (χ4n) is 3.85. The molecule has 1 spiro atoms. The van der Waals surface area contributed by atoms with E-state index in [1.54, 1.807) is 0 Å². The van der Waals surface area contributed by atoms with Crippen molar-refractivity contribution >= 4 is 12.4 Å². The molecule has 1 unspecified atom stereocenters. The fourth-order valence-corrected chi connectivity index (χ4v) is 3.85. The van der Waals surface area contributed by atoms with Crippen molar-refractivity contribution in [2.24, 2.45) is 17.3 Å². The number of nitrogens with one attached hydrogen (secondary N) is 1. The zero-order chi connectivity index (χ0) is 11.2. The van der Waals surface area contributed by atoms with Gasteiger partial charge in [0.15, 0.2) is 0 Å². The Bertz CT molecular complexity index is 276.